The first-order chi connectivity index (χ1) is 14.3. The maximum Gasteiger partial charge on any atom is 0.257 e. The number of aryl methyl sites for hydroxylation is 2. The van der Waals surface area contributed by atoms with Crippen molar-refractivity contribution in [3.63, 3.8) is 0 Å². The minimum absolute atomic E-state index is 0.00199. The molecule has 1 aliphatic rings. The van der Waals surface area contributed by atoms with E-state index in [2.05, 4.69) is 16.4 Å². The molecule has 0 bridgehead atoms. The lowest BCUT2D eigenvalue weighted by Gasteiger charge is -2.32. The van der Waals surface area contributed by atoms with E-state index in [1.807, 2.05) is 26.8 Å². The highest BCUT2D eigenvalue weighted by Crippen LogP contribution is 2.30. The van der Waals surface area contributed by atoms with Gasteiger partial charge in [0.25, 0.3) is 5.91 Å². The summed E-state index contributed by atoms with van der Waals surface area (Å²) in [5, 5.41) is 3.36. The molecule has 0 aliphatic carbocycles. The molecule has 1 aromatic heterocycles. The number of sulfonamides is 1. The van der Waals surface area contributed by atoms with Crippen LogP contribution in [0.2, 0.25) is 0 Å². The monoisotopic (exact) mass is 443 g/mol. The fourth-order valence-electron chi connectivity index (χ4n) is 3.94. The van der Waals surface area contributed by atoms with E-state index < -0.39 is 10.0 Å². The number of piperidine rings is 1. The van der Waals surface area contributed by atoms with E-state index in [9.17, 15) is 13.2 Å². The number of carbonyl (C=O) groups is 1. The summed E-state index contributed by atoms with van der Waals surface area (Å²) in [6.45, 7) is 6.54. The minimum Gasteiger partial charge on any atom is -0.298 e. The van der Waals surface area contributed by atoms with E-state index in [1.165, 1.54) is 23.5 Å². The molecule has 3 aromatic rings. The van der Waals surface area contributed by atoms with Crippen LogP contribution in [0.25, 0.3) is 10.2 Å². The van der Waals surface area contributed by atoms with E-state index in [4.69, 9.17) is 0 Å². The zero-order valence-corrected chi connectivity index (χ0v) is 18.9. The van der Waals surface area contributed by atoms with Crippen LogP contribution in [0.5, 0.6) is 0 Å². The third-order valence-corrected chi connectivity index (χ3v) is 8.66. The van der Waals surface area contributed by atoms with Gasteiger partial charge in [-0.05, 0) is 75.1 Å². The van der Waals surface area contributed by atoms with Crippen LogP contribution in [0.3, 0.4) is 0 Å². The zero-order valence-electron chi connectivity index (χ0n) is 17.3. The third-order valence-electron chi connectivity index (χ3n) is 5.51. The summed E-state index contributed by atoms with van der Waals surface area (Å²) < 4.78 is 28.5. The third kappa shape index (κ3) is 3.99. The van der Waals surface area contributed by atoms with Crippen LogP contribution in [0.4, 0.5) is 5.13 Å². The van der Waals surface area contributed by atoms with Gasteiger partial charge in [0.15, 0.2) is 5.13 Å². The van der Waals surface area contributed by atoms with Gasteiger partial charge >= 0.3 is 0 Å². The van der Waals surface area contributed by atoms with Crippen LogP contribution < -0.4 is 5.32 Å². The molecular formula is C22H25N3O3S2. The van der Waals surface area contributed by atoms with Gasteiger partial charge in [-0.3, -0.25) is 10.1 Å². The molecule has 30 heavy (non-hydrogen) atoms. The topological polar surface area (TPSA) is 79.4 Å². The van der Waals surface area contributed by atoms with Gasteiger partial charge in [0.2, 0.25) is 10.0 Å². The molecule has 6 nitrogen and oxygen atoms in total. The zero-order chi connectivity index (χ0) is 21.5. The number of fused-ring (bicyclic) bond motifs is 1. The number of carbonyl (C=O) groups excluding carboxylic acids is 1. The van der Waals surface area contributed by atoms with Gasteiger partial charge in [0.1, 0.15) is 0 Å². The Balaban J connectivity index is 1.52. The van der Waals surface area contributed by atoms with Gasteiger partial charge < -0.3 is 0 Å². The van der Waals surface area contributed by atoms with Gasteiger partial charge in [-0.2, -0.15) is 4.31 Å². The fraction of sp³-hybridized carbons (Fsp3) is 0.364. The molecule has 2 aromatic carbocycles. The summed E-state index contributed by atoms with van der Waals surface area (Å²) in [5.74, 6) is -0.307. The average molecular weight is 444 g/mol. The highest BCUT2D eigenvalue weighted by molar-refractivity contribution is 7.89. The summed E-state index contributed by atoms with van der Waals surface area (Å²) in [6.07, 6.45) is 2.81. The van der Waals surface area contributed by atoms with Crippen LogP contribution >= 0.6 is 11.3 Å². The molecule has 1 aliphatic heterocycles. The van der Waals surface area contributed by atoms with Gasteiger partial charge in [-0.25, -0.2) is 13.4 Å². The number of benzene rings is 2. The summed E-state index contributed by atoms with van der Waals surface area (Å²) >= 11 is 1.44. The summed E-state index contributed by atoms with van der Waals surface area (Å²) in [4.78, 5) is 17.4. The summed E-state index contributed by atoms with van der Waals surface area (Å²) in [7, 11) is -3.55. The first kappa shape index (κ1) is 21.0. The number of hydrogen-bond donors (Lipinski definition) is 1. The summed E-state index contributed by atoms with van der Waals surface area (Å²) in [5.41, 5.74) is 3.52. The fourth-order valence-corrected chi connectivity index (χ4v) is 6.55. The molecule has 158 valence electrons. The van der Waals surface area contributed by atoms with E-state index in [-0.39, 0.29) is 16.8 Å². The maximum atomic E-state index is 12.9. The number of hydrogen-bond acceptors (Lipinski definition) is 5. The Kier molecular flexibility index (Phi) is 5.65. The number of amides is 1. The predicted molar refractivity (Wildman–Crippen MR) is 121 cm³/mol. The van der Waals surface area contributed by atoms with Crippen LogP contribution in [0.1, 0.15) is 47.7 Å². The highest BCUT2D eigenvalue weighted by atomic mass is 32.2. The Morgan fingerprint density at radius 3 is 2.60 bits per heavy atom. The number of rotatable bonds is 4. The van der Waals surface area contributed by atoms with Crippen LogP contribution in [0.15, 0.2) is 41.3 Å². The van der Waals surface area contributed by atoms with Crippen molar-refractivity contribution in [2.75, 3.05) is 11.9 Å². The first-order valence-corrected chi connectivity index (χ1v) is 12.3. The molecule has 1 unspecified atom stereocenters. The molecule has 1 saturated heterocycles. The van der Waals surface area contributed by atoms with Crippen molar-refractivity contribution in [3.05, 3.63) is 53.1 Å². The first-order valence-electron chi connectivity index (χ1n) is 10.1. The maximum absolute atomic E-state index is 12.9. The van der Waals surface area contributed by atoms with Crippen molar-refractivity contribution < 1.29 is 13.2 Å². The number of aromatic nitrogens is 1. The molecule has 1 amide bonds. The Morgan fingerprint density at radius 1 is 1.17 bits per heavy atom. The van der Waals surface area contributed by atoms with Crippen LogP contribution in [0, 0.1) is 13.8 Å². The molecule has 8 heteroatoms. The molecule has 0 radical (unpaired) electrons. The van der Waals surface area contributed by atoms with Gasteiger partial charge in [-0.15, -0.1) is 0 Å². The molecule has 2 heterocycles. The van der Waals surface area contributed by atoms with Crippen LogP contribution in [-0.4, -0.2) is 36.2 Å². The smallest absolute Gasteiger partial charge is 0.257 e. The lowest BCUT2D eigenvalue weighted by atomic mass is 10.1. The number of thiazole rings is 1. The Hall–Kier alpha value is -2.29. The van der Waals surface area contributed by atoms with Crippen LogP contribution in [-0.2, 0) is 10.0 Å². The molecule has 0 saturated carbocycles. The largest absolute Gasteiger partial charge is 0.298 e. The Morgan fingerprint density at radius 2 is 1.90 bits per heavy atom. The lowest BCUT2D eigenvalue weighted by molar-refractivity contribution is 0.102. The van der Waals surface area contributed by atoms with Crippen molar-refractivity contribution in [2.24, 2.45) is 0 Å². The van der Waals surface area contributed by atoms with Crippen molar-refractivity contribution in [1.29, 1.82) is 0 Å². The standard InChI is InChI=1S/C22H25N3O3S2/c1-14-12-15(2)20-19(13-14)23-22(29-20)24-21(26)17-7-9-18(10-8-17)30(27,28)25-11-5-4-6-16(25)3/h7-10,12-13,16H,4-6,11H2,1-3H3,(H,23,24,26). The van der Waals surface area contributed by atoms with E-state index >= 15 is 0 Å². The van der Waals surface area contributed by atoms with E-state index in [1.54, 1.807) is 16.4 Å². The molecular weight excluding hydrogens is 418 g/mol. The van der Waals surface area contributed by atoms with Crippen molar-refractivity contribution in [1.82, 2.24) is 9.29 Å². The second-order valence-corrected chi connectivity index (χ2v) is 10.8. The van der Waals surface area contributed by atoms with Gasteiger partial charge in [0, 0.05) is 18.2 Å². The molecule has 1 atom stereocenters. The number of nitrogens with one attached hydrogen (secondary N) is 1. The SMILES string of the molecule is Cc1cc(C)c2sc(NC(=O)c3ccc(S(=O)(=O)N4CCCCC4C)cc3)nc2c1. The molecule has 1 N–H and O–H groups in total. The Bertz CT molecular complexity index is 1200. The highest BCUT2D eigenvalue weighted by Gasteiger charge is 2.30. The van der Waals surface area contributed by atoms with Gasteiger partial charge in [-0.1, -0.05) is 23.8 Å². The van der Waals surface area contributed by atoms with Gasteiger partial charge in [0.05, 0.1) is 15.1 Å². The summed E-state index contributed by atoms with van der Waals surface area (Å²) in [6, 6.07) is 10.2. The second kappa shape index (κ2) is 8.09. The van der Waals surface area contributed by atoms with Crippen molar-refractivity contribution >= 4 is 42.6 Å². The van der Waals surface area contributed by atoms with E-state index in [0.29, 0.717) is 17.2 Å². The predicted octanol–water partition coefficient (Wildman–Crippen LogP) is 4.73. The Labute approximate surface area is 181 Å². The van der Waals surface area contributed by atoms with E-state index in [0.717, 1.165) is 40.6 Å². The molecule has 4 rings (SSSR count). The quantitative estimate of drug-likeness (QED) is 0.632. The van der Waals surface area contributed by atoms with Crippen molar-refractivity contribution in [3.8, 4) is 0 Å². The molecule has 1 fully saturated rings. The lowest BCUT2D eigenvalue weighted by Crippen LogP contribution is -2.41. The van der Waals surface area contributed by atoms with Crippen molar-refractivity contribution in [2.45, 2.75) is 51.0 Å². The number of nitrogens with zero attached hydrogens (tertiary/aromatic N) is 2. The number of anilines is 1. The average Bonchev–Trinajstić information content (AvgIpc) is 3.11. The molecule has 0 spiro atoms. The minimum atomic E-state index is -3.55. The normalized spacial score (nSPS) is 17.9. The second-order valence-electron chi connectivity index (χ2n) is 7.89.